The van der Waals surface area contributed by atoms with Crippen LogP contribution in [-0.4, -0.2) is 31.7 Å². The summed E-state index contributed by atoms with van der Waals surface area (Å²) in [5.41, 5.74) is 3.26. The second-order valence-electron chi connectivity index (χ2n) is 6.89. The zero-order chi connectivity index (χ0) is 20.1. The van der Waals surface area contributed by atoms with Gasteiger partial charge in [-0.1, -0.05) is 36.4 Å². The third-order valence-corrected chi connectivity index (χ3v) is 4.73. The Kier molecular flexibility index (Phi) is 5.61. The molecule has 3 heterocycles. The minimum Gasteiger partial charge on any atom is -0.338 e. The molecule has 3 aromatic heterocycles. The maximum atomic E-state index is 13.4. The average molecular weight is 388 g/mol. The van der Waals surface area contributed by atoms with Gasteiger partial charge in [0.15, 0.2) is 0 Å². The summed E-state index contributed by atoms with van der Waals surface area (Å²) in [5, 5.41) is 0. The predicted octanol–water partition coefficient (Wildman–Crippen LogP) is 3.68. The number of benzene rings is 1. The van der Waals surface area contributed by atoms with E-state index in [1.165, 1.54) is 12.3 Å². The van der Waals surface area contributed by atoms with E-state index >= 15 is 0 Å². The average Bonchev–Trinajstić information content (AvgIpc) is 3.13. The molecular weight excluding hydrogens is 367 g/mol. The normalized spacial score (nSPS) is 10.9. The number of hydrogen-bond donors (Lipinski definition) is 0. The third-order valence-electron chi connectivity index (χ3n) is 4.73. The van der Waals surface area contributed by atoms with Crippen molar-refractivity contribution in [1.29, 1.82) is 0 Å². The van der Waals surface area contributed by atoms with Gasteiger partial charge in [0.05, 0.1) is 12.1 Å². The molecule has 4 rings (SSSR count). The molecule has 0 aliphatic carbocycles. The molecule has 0 aliphatic heterocycles. The molecule has 5 nitrogen and oxygen atoms in total. The molecule has 29 heavy (non-hydrogen) atoms. The van der Waals surface area contributed by atoms with Crippen LogP contribution in [0.4, 0.5) is 4.39 Å². The number of aromatic nitrogens is 3. The Hall–Kier alpha value is -3.54. The topological polar surface area (TPSA) is 50.5 Å². The smallest absolute Gasteiger partial charge is 0.228 e. The lowest BCUT2D eigenvalue weighted by Crippen LogP contribution is -2.33. The van der Waals surface area contributed by atoms with Crippen LogP contribution in [0.5, 0.6) is 0 Å². The fraction of sp³-hybridized carbons (Fsp3) is 0.174. The molecule has 1 amide bonds. The Bertz CT molecular complexity index is 1100. The maximum absolute atomic E-state index is 13.4. The van der Waals surface area contributed by atoms with Crippen LogP contribution in [0.15, 0.2) is 79.3 Å². The lowest BCUT2D eigenvalue weighted by Gasteiger charge is -2.22. The molecule has 0 unspecified atom stereocenters. The van der Waals surface area contributed by atoms with Crippen molar-refractivity contribution in [2.75, 3.05) is 6.54 Å². The van der Waals surface area contributed by atoms with E-state index in [4.69, 9.17) is 0 Å². The van der Waals surface area contributed by atoms with Gasteiger partial charge >= 0.3 is 0 Å². The van der Waals surface area contributed by atoms with Gasteiger partial charge in [0.25, 0.3) is 0 Å². The van der Waals surface area contributed by atoms with Crippen molar-refractivity contribution in [3.63, 3.8) is 0 Å². The lowest BCUT2D eigenvalue weighted by atomic mass is 10.1. The Morgan fingerprint density at radius 3 is 2.59 bits per heavy atom. The Balaban J connectivity index is 1.50. The van der Waals surface area contributed by atoms with E-state index in [0.717, 1.165) is 11.3 Å². The molecule has 146 valence electrons. The van der Waals surface area contributed by atoms with Crippen LogP contribution in [0.25, 0.3) is 5.65 Å². The second kappa shape index (κ2) is 8.65. The van der Waals surface area contributed by atoms with E-state index in [2.05, 4.69) is 9.97 Å². The first-order valence-electron chi connectivity index (χ1n) is 9.52. The Morgan fingerprint density at radius 2 is 1.79 bits per heavy atom. The van der Waals surface area contributed by atoms with Crippen molar-refractivity contribution < 1.29 is 9.18 Å². The predicted molar refractivity (Wildman–Crippen MR) is 109 cm³/mol. The Morgan fingerprint density at radius 1 is 0.966 bits per heavy atom. The molecule has 0 N–H and O–H groups in total. The van der Waals surface area contributed by atoms with Gasteiger partial charge in [-0.15, -0.1) is 0 Å². The first kappa shape index (κ1) is 18.8. The van der Waals surface area contributed by atoms with Crippen molar-refractivity contribution in [2.24, 2.45) is 0 Å². The molecule has 0 radical (unpaired) electrons. The zero-order valence-corrected chi connectivity index (χ0v) is 15.9. The van der Waals surface area contributed by atoms with E-state index in [9.17, 15) is 9.18 Å². The number of hydrogen-bond acceptors (Lipinski definition) is 3. The van der Waals surface area contributed by atoms with Crippen molar-refractivity contribution in [2.45, 2.75) is 19.4 Å². The van der Waals surface area contributed by atoms with Crippen molar-refractivity contribution in [3.8, 4) is 0 Å². The van der Waals surface area contributed by atoms with Gasteiger partial charge in [-0.2, -0.15) is 0 Å². The van der Waals surface area contributed by atoms with Crippen LogP contribution >= 0.6 is 0 Å². The SMILES string of the molecule is O=C(Cc1cn2cc(F)ccc2n1)N(CCc1ccccn1)Cc1ccccc1. The molecule has 1 aromatic carbocycles. The van der Waals surface area contributed by atoms with Gasteiger partial charge in [0.1, 0.15) is 11.5 Å². The molecule has 0 atom stereocenters. The summed E-state index contributed by atoms with van der Waals surface area (Å²) in [4.78, 5) is 23.7. The number of halogens is 1. The van der Waals surface area contributed by atoms with Gasteiger partial charge in [0, 0.05) is 43.8 Å². The highest BCUT2D eigenvalue weighted by molar-refractivity contribution is 5.78. The number of rotatable bonds is 7. The third kappa shape index (κ3) is 4.85. The summed E-state index contributed by atoms with van der Waals surface area (Å²) in [6, 6.07) is 18.7. The number of carbonyl (C=O) groups is 1. The minimum absolute atomic E-state index is 0.0198. The monoisotopic (exact) mass is 388 g/mol. The summed E-state index contributed by atoms with van der Waals surface area (Å²) >= 11 is 0. The summed E-state index contributed by atoms with van der Waals surface area (Å²) in [7, 11) is 0. The first-order valence-corrected chi connectivity index (χ1v) is 9.52. The van der Waals surface area contributed by atoms with E-state index in [1.807, 2.05) is 53.4 Å². The quantitative estimate of drug-likeness (QED) is 0.485. The van der Waals surface area contributed by atoms with Crippen LogP contribution < -0.4 is 0 Å². The van der Waals surface area contributed by atoms with Crippen LogP contribution in [0, 0.1) is 5.82 Å². The van der Waals surface area contributed by atoms with Crippen LogP contribution in [0.3, 0.4) is 0 Å². The van der Waals surface area contributed by atoms with Crippen molar-refractivity contribution in [1.82, 2.24) is 19.3 Å². The molecule has 0 fully saturated rings. The fourth-order valence-corrected chi connectivity index (χ4v) is 3.26. The molecule has 0 saturated carbocycles. The summed E-state index contributed by atoms with van der Waals surface area (Å²) < 4.78 is 15.0. The van der Waals surface area contributed by atoms with Gasteiger partial charge < -0.3 is 9.30 Å². The number of imidazole rings is 1. The molecule has 0 spiro atoms. The van der Waals surface area contributed by atoms with Crippen LogP contribution in [0.2, 0.25) is 0 Å². The van der Waals surface area contributed by atoms with E-state index in [1.54, 1.807) is 22.9 Å². The first-order chi connectivity index (χ1) is 14.2. The van der Waals surface area contributed by atoms with Gasteiger partial charge in [0.2, 0.25) is 5.91 Å². The van der Waals surface area contributed by atoms with Gasteiger partial charge in [-0.25, -0.2) is 9.37 Å². The second-order valence-corrected chi connectivity index (χ2v) is 6.89. The summed E-state index contributed by atoms with van der Waals surface area (Å²) in [5.74, 6) is -0.359. The largest absolute Gasteiger partial charge is 0.338 e. The maximum Gasteiger partial charge on any atom is 0.228 e. The zero-order valence-electron chi connectivity index (χ0n) is 15.9. The number of pyridine rings is 2. The van der Waals surface area contributed by atoms with Crippen molar-refractivity contribution >= 4 is 11.6 Å². The highest BCUT2D eigenvalue weighted by Crippen LogP contribution is 2.12. The van der Waals surface area contributed by atoms with Crippen LogP contribution in [-0.2, 0) is 24.2 Å². The van der Waals surface area contributed by atoms with E-state index in [0.29, 0.717) is 30.9 Å². The molecule has 0 saturated heterocycles. The van der Waals surface area contributed by atoms with E-state index in [-0.39, 0.29) is 18.1 Å². The van der Waals surface area contributed by atoms with Crippen molar-refractivity contribution in [3.05, 3.63) is 102 Å². The van der Waals surface area contributed by atoms with Gasteiger partial charge in [-0.05, 0) is 29.8 Å². The van der Waals surface area contributed by atoms with Gasteiger partial charge in [-0.3, -0.25) is 9.78 Å². The van der Waals surface area contributed by atoms with Crippen LogP contribution in [0.1, 0.15) is 17.0 Å². The number of carbonyl (C=O) groups excluding carboxylic acids is 1. The number of nitrogens with zero attached hydrogens (tertiary/aromatic N) is 4. The standard InChI is InChI=1S/C23H21FN4O/c24-19-9-10-22-26-21(17-28(22)16-19)14-23(29)27(15-18-6-2-1-3-7-18)13-11-20-8-4-5-12-25-20/h1-10,12,16-17H,11,13-15H2. The number of fused-ring (bicyclic) bond motifs is 1. The molecule has 6 heteroatoms. The molecule has 0 aliphatic rings. The number of amides is 1. The summed E-state index contributed by atoms with van der Waals surface area (Å²) in [6.45, 7) is 1.08. The highest BCUT2D eigenvalue weighted by Gasteiger charge is 2.17. The Labute approximate surface area is 168 Å². The molecule has 0 bridgehead atoms. The lowest BCUT2D eigenvalue weighted by molar-refractivity contribution is -0.131. The minimum atomic E-state index is -0.339. The molecular formula is C23H21FN4O. The molecule has 4 aromatic rings. The summed E-state index contributed by atoms with van der Waals surface area (Å²) in [6.07, 6.45) is 5.66. The van der Waals surface area contributed by atoms with E-state index < -0.39 is 0 Å². The highest BCUT2D eigenvalue weighted by atomic mass is 19.1. The fourth-order valence-electron chi connectivity index (χ4n) is 3.26.